The highest BCUT2D eigenvalue weighted by Crippen LogP contribution is 2.49. The number of carbonyl (C=O) groups is 2. The van der Waals surface area contributed by atoms with Gasteiger partial charge in [0.2, 0.25) is 0 Å². The van der Waals surface area contributed by atoms with E-state index in [9.17, 15) is 53.8 Å². The number of aliphatic hydroxyl groups is 4. The summed E-state index contributed by atoms with van der Waals surface area (Å²) in [6.07, 6.45) is 35.6. The summed E-state index contributed by atoms with van der Waals surface area (Å²) in [5, 5.41) is 41.3. The second-order valence-corrected chi connectivity index (χ2v) is 19.8. The Morgan fingerprint density at radius 2 is 1.01 bits per heavy atom. The van der Waals surface area contributed by atoms with E-state index in [0.717, 1.165) is 51.4 Å². The van der Waals surface area contributed by atoms with Gasteiger partial charge in [-0.15, -0.1) is 0 Å². The molecule has 1 saturated heterocycles. The maximum atomic E-state index is 13.0. The highest BCUT2D eigenvalue weighted by molar-refractivity contribution is 7.47. The Balaban J connectivity index is 1.83. The first kappa shape index (κ1) is 63.0. The molecular formula is C51H82O17P2. The van der Waals surface area contributed by atoms with Crippen LogP contribution in [0.1, 0.15) is 142 Å². The van der Waals surface area contributed by atoms with E-state index in [4.69, 9.17) is 23.3 Å². The number of ether oxygens (including phenoxy) is 3. The average molecular weight is 1030 g/mol. The Bertz CT molecular complexity index is 1790. The Morgan fingerprint density at radius 3 is 1.57 bits per heavy atom. The lowest BCUT2D eigenvalue weighted by Crippen LogP contribution is -2.64. The first-order chi connectivity index (χ1) is 33.6. The first-order valence-corrected chi connectivity index (χ1v) is 27.9. The minimum atomic E-state index is -5.38. The largest absolute Gasteiger partial charge is 0.472 e. The van der Waals surface area contributed by atoms with E-state index < -0.39 is 83.5 Å². The zero-order valence-corrected chi connectivity index (χ0v) is 42.9. The summed E-state index contributed by atoms with van der Waals surface area (Å²) in [6, 6.07) is 0. The summed E-state index contributed by atoms with van der Waals surface area (Å²) in [4.78, 5) is 54.3. The van der Waals surface area contributed by atoms with Crippen molar-refractivity contribution in [3.63, 3.8) is 0 Å². The molecule has 1 saturated carbocycles. The van der Waals surface area contributed by atoms with Gasteiger partial charge in [-0.2, -0.15) is 0 Å². The molecule has 17 nitrogen and oxygen atoms in total. The number of esters is 2. The van der Waals surface area contributed by atoms with Crippen molar-refractivity contribution in [3.8, 4) is 0 Å². The number of phosphoric acid groups is 2. The van der Waals surface area contributed by atoms with Crippen LogP contribution in [0.2, 0.25) is 0 Å². The Kier molecular flexibility index (Phi) is 33.8. The van der Waals surface area contributed by atoms with E-state index in [1.165, 1.54) is 38.5 Å². The summed E-state index contributed by atoms with van der Waals surface area (Å²) in [5.74, 6) is -1.38. The van der Waals surface area contributed by atoms with Crippen molar-refractivity contribution in [2.45, 2.75) is 197 Å². The minimum absolute atomic E-state index is 0.0255. The van der Waals surface area contributed by atoms with Gasteiger partial charge in [0, 0.05) is 12.8 Å². The van der Waals surface area contributed by atoms with Crippen molar-refractivity contribution in [1.29, 1.82) is 0 Å². The van der Waals surface area contributed by atoms with Crippen LogP contribution in [0.15, 0.2) is 97.2 Å². The molecule has 398 valence electrons. The fourth-order valence-corrected chi connectivity index (χ4v) is 8.65. The van der Waals surface area contributed by atoms with Gasteiger partial charge in [0.15, 0.2) is 6.10 Å². The fraction of sp³-hybridized carbons (Fsp3) is 0.647. The molecule has 10 atom stereocenters. The number of hydrogen-bond donors (Lipinski definition) is 7. The van der Waals surface area contributed by atoms with Crippen LogP contribution in [0.3, 0.4) is 0 Å². The third kappa shape index (κ3) is 30.7. The summed E-state index contributed by atoms with van der Waals surface area (Å²) >= 11 is 0. The maximum Gasteiger partial charge on any atom is 0.472 e. The number of phosphoric ester groups is 2. The molecule has 0 radical (unpaired) electrons. The summed E-state index contributed by atoms with van der Waals surface area (Å²) in [7, 11) is -10.7. The van der Waals surface area contributed by atoms with Gasteiger partial charge in [0.25, 0.3) is 0 Å². The number of carbonyl (C=O) groups excluding carboxylic acids is 2. The molecule has 0 spiro atoms. The van der Waals surface area contributed by atoms with E-state index >= 15 is 0 Å². The molecule has 7 unspecified atom stereocenters. The van der Waals surface area contributed by atoms with Gasteiger partial charge >= 0.3 is 27.6 Å². The van der Waals surface area contributed by atoms with E-state index in [0.29, 0.717) is 37.9 Å². The molecule has 1 aliphatic carbocycles. The van der Waals surface area contributed by atoms with Crippen molar-refractivity contribution < 1.29 is 81.6 Å². The van der Waals surface area contributed by atoms with Gasteiger partial charge in [-0.3, -0.25) is 23.2 Å². The SMILES string of the molecule is CC/C=C\CC1OC1C/C=C\C/C=C\C/C=C\C/C=C\CCC(=O)O[C@H](COC(=O)CCC/C=C\C/C=C\C/C=C\CCCCCCCC)COP(=O)(O)O[C@H]1C(O)C(O)C(O)[C@@H](OP(=O)(O)O)C1O. The van der Waals surface area contributed by atoms with Crippen LogP contribution < -0.4 is 0 Å². The van der Waals surface area contributed by atoms with Crippen LogP contribution in [-0.2, 0) is 46.5 Å². The topological polar surface area (TPSA) is 269 Å². The predicted molar refractivity (Wildman–Crippen MR) is 268 cm³/mol. The molecule has 2 fully saturated rings. The molecule has 0 aromatic heterocycles. The monoisotopic (exact) mass is 1030 g/mol. The number of aliphatic hydroxyl groups excluding tert-OH is 4. The van der Waals surface area contributed by atoms with E-state index in [1.54, 1.807) is 6.08 Å². The number of hydrogen-bond acceptors (Lipinski definition) is 14. The van der Waals surface area contributed by atoms with Crippen LogP contribution in [-0.4, -0.2) is 115 Å². The first-order valence-electron chi connectivity index (χ1n) is 24.9. The molecule has 0 aromatic rings. The van der Waals surface area contributed by atoms with E-state index in [2.05, 4.69) is 79.1 Å². The lowest BCUT2D eigenvalue weighted by Gasteiger charge is -2.43. The molecule has 7 N–H and O–H groups in total. The highest BCUT2D eigenvalue weighted by atomic mass is 31.2. The second kappa shape index (κ2) is 37.6. The van der Waals surface area contributed by atoms with Gasteiger partial charge in [-0.1, -0.05) is 143 Å². The van der Waals surface area contributed by atoms with Gasteiger partial charge < -0.3 is 49.3 Å². The minimum Gasteiger partial charge on any atom is -0.462 e. The fourth-order valence-electron chi connectivity index (χ4n) is 7.11. The molecule has 2 aliphatic rings. The van der Waals surface area contributed by atoms with Crippen LogP contribution >= 0.6 is 15.6 Å². The van der Waals surface area contributed by atoms with Crippen LogP contribution in [0.4, 0.5) is 0 Å². The van der Waals surface area contributed by atoms with Gasteiger partial charge in [0.05, 0.1) is 18.8 Å². The molecule has 70 heavy (non-hydrogen) atoms. The Morgan fingerprint density at radius 1 is 0.529 bits per heavy atom. The van der Waals surface area contributed by atoms with Crippen LogP contribution in [0, 0.1) is 0 Å². The third-order valence-electron chi connectivity index (χ3n) is 11.1. The Labute approximate surface area is 415 Å². The smallest absolute Gasteiger partial charge is 0.462 e. The standard InChI is InChI=1S/C51H82O17P2/c1-3-5-7-8-9-10-11-12-13-14-15-16-20-23-26-29-33-37-44(52)63-39-41(40-64-70(61,62)68-51-48(56)46(54)47(55)50(49(51)57)67-69(58,59)60)65-45(53)38-34-30-27-24-21-18-17-19-22-25-28-32-36-43-42(66-43)35-31-6-4-2/h6,12-13,15-16,18-19,21-23,26-28,30-32,41-43,46-51,54-57H,3-5,7-11,14,17,20,24-25,29,33-40H2,1-2H3,(H,61,62)(H2,58,59,60)/b13-12-,16-15-,21-18-,22-19-,26-23-,30-27-,31-6-,32-28-/t41-,42?,43?,46?,47?,48?,49?,50-,51+/m1/s1. The second-order valence-electron chi connectivity index (χ2n) is 17.2. The van der Waals surface area contributed by atoms with Crippen molar-refractivity contribution in [1.82, 2.24) is 0 Å². The lowest BCUT2D eigenvalue weighted by molar-refractivity contribution is -0.216. The lowest BCUT2D eigenvalue weighted by atomic mass is 9.85. The van der Waals surface area contributed by atoms with Crippen LogP contribution in [0.5, 0.6) is 0 Å². The third-order valence-corrected chi connectivity index (χ3v) is 12.6. The number of epoxide rings is 1. The Hall–Kier alpha value is -3.12. The summed E-state index contributed by atoms with van der Waals surface area (Å²) in [6.45, 7) is 2.87. The summed E-state index contributed by atoms with van der Waals surface area (Å²) < 4.78 is 55.0. The number of rotatable bonds is 39. The van der Waals surface area contributed by atoms with Gasteiger partial charge in [-0.05, 0) is 83.5 Å². The molecule has 2 rings (SSSR count). The van der Waals surface area contributed by atoms with E-state index in [-0.39, 0.29) is 12.8 Å². The average Bonchev–Trinajstić information content (AvgIpc) is 4.07. The van der Waals surface area contributed by atoms with Crippen molar-refractivity contribution in [3.05, 3.63) is 97.2 Å². The zero-order valence-electron chi connectivity index (χ0n) is 41.1. The molecule has 0 bridgehead atoms. The van der Waals surface area contributed by atoms with Crippen molar-refractivity contribution >= 4 is 27.6 Å². The maximum absolute atomic E-state index is 13.0. The van der Waals surface area contributed by atoms with Crippen molar-refractivity contribution in [2.24, 2.45) is 0 Å². The van der Waals surface area contributed by atoms with Gasteiger partial charge in [0.1, 0.15) is 43.2 Å². The normalized spacial score (nSPS) is 24.7. The number of unbranched alkanes of at least 4 members (excludes halogenated alkanes) is 7. The highest BCUT2D eigenvalue weighted by Gasteiger charge is 2.54. The quantitative estimate of drug-likeness (QED) is 0.00995. The zero-order chi connectivity index (χ0) is 51.5. The molecular weight excluding hydrogens is 946 g/mol. The molecule has 0 amide bonds. The summed E-state index contributed by atoms with van der Waals surface area (Å²) in [5.41, 5.74) is 0. The predicted octanol–water partition coefficient (Wildman–Crippen LogP) is 8.94. The van der Waals surface area contributed by atoms with Gasteiger partial charge in [-0.25, -0.2) is 9.13 Å². The molecule has 1 aliphatic heterocycles. The number of allylic oxidation sites excluding steroid dienone is 14. The van der Waals surface area contributed by atoms with Crippen molar-refractivity contribution in [2.75, 3.05) is 13.2 Å². The van der Waals surface area contributed by atoms with Crippen LogP contribution in [0.25, 0.3) is 0 Å². The molecule has 1 heterocycles. The molecule has 0 aromatic carbocycles. The molecule has 19 heteroatoms. The van der Waals surface area contributed by atoms with E-state index in [1.807, 2.05) is 30.4 Å².